The lowest BCUT2D eigenvalue weighted by molar-refractivity contribution is 0.0528. The van der Waals surface area contributed by atoms with Gasteiger partial charge in [0, 0.05) is 45.1 Å². The average molecular weight is 297 g/mol. The van der Waals surface area contributed by atoms with E-state index in [4.69, 9.17) is 9.47 Å². The monoisotopic (exact) mass is 297 g/mol. The molecule has 0 aliphatic rings. The quantitative estimate of drug-likeness (QED) is 0.748. The number of aromatic nitrogens is 2. The number of carbonyl (C=O) groups is 1. The Hall–Kier alpha value is -1.56. The summed E-state index contributed by atoms with van der Waals surface area (Å²) in [5, 5.41) is 2.76. The molecule has 1 rings (SSSR count). The number of carbonyl (C=O) groups excluding carboxylic acids is 1. The molecule has 0 aromatic carbocycles. The summed E-state index contributed by atoms with van der Waals surface area (Å²) in [6.45, 7) is 7.79. The standard InChI is InChI=1S/C15H27N3O3/c1-15(2,3)21-14(19)17-8-7-13-11-16-12-18(13)9-5-6-10-20-4/h11-12H,5-10H2,1-4H3,(H,17,19). The van der Waals surface area contributed by atoms with Crippen LogP contribution in [0.4, 0.5) is 4.79 Å². The largest absolute Gasteiger partial charge is 0.444 e. The van der Waals surface area contributed by atoms with Crippen LogP contribution in [0.1, 0.15) is 39.3 Å². The van der Waals surface area contributed by atoms with Gasteiger partial charge in [-0.3, -0.25) is 0 Å². The van der Waals surface area contributed by atoms with Crippen LogP contribution in [0.15, 0.2) is 12.5 Å². The molecule has 0 aliphatic heterocycles. The van der Waals surface area contributed by atoms with Gasteiger partial charge in [0.2, 0.25) is 0 Å². The van der Waals surface area contributed by atoms with E-state index < -0.39 is 5.60 Å². The fraction of sp³-hybridized carbons (Fsp3) is 0.733. The Balaban J connectivity index is 2.29. The van der Waals surface area contributed by atoms with E-state index in [2.05, 4.69) is 14.9 Å². The Bertz CT molecular complexity index is 424. The Morgan fingerprint density at radius 2 is 2.14 bits per heavy atom. The minimum Gasteiger partial charge on any atom is -0.444 e. The lowest BCUT2D eigenvalue weighted by Gasteiger charge is -2.19. The molecule has 6 nitrogen and oxygen atoms in total. The van der Waals surface area contributed by atoms with Gasteiger partial charge in [-0.05, 0) is 33.6 Å². The molecule has 0 atom stereocenters. The second-order valence-corrected chi connectivity index (χ2v) is 5.96. The van der Waals surface area contributed by atoms with Crippen LogP contribution in [0, 0.1) is 0 Å². The molecule has 0 spiro atoms. The lowest BCUT2D eigenvalue weighted by Crippen LogP contribution is -2.33. The number of unbranched alkanes of at least 4 members (excludes halogenated alkanes) is 1. The van der Waals surface area contributed by atoms with Crippen LogP contribution in [-0.4, -0.2) is 41.5 Å². The summed E-state index contributed by atoms with van der Waals surface area (Å²) in [4.78, 5) is 15.7. The molecular weight excluding hydrogens is 270 g/mol. The van der Waals surface area contributed by atoms with Crippen LogP contribution in [0.2, 0.25) is 0 Å². The van der Waals surface area contributed by atoms with Gasteiger partial charge in [0.05, 0.1) is 6.33 Å². The van der Waals surface area contributed by atoms with Crippen molar-refractivity contribution in [3.05, 3.63) is 18.2 Å². The zero-order valence-electron chi connectivity index (χ0n) is 13.5. The van der Waals surface area contributed by atoms with Crippen molar-refractivity contribution in [2.24, 2.45) is 0 Å². The van der Waals surface area contributed by atoms with E-state index in [-0.39, 0.29) is 6.09 Å². The topological polar surface area (TPSA) is 65.4 Å². The number of hydrogen-bond acceptors (Lipinski definition) is 4. The van der Waals surface area contributed by atoms with Crippen LogP contribution in [-0.2, 0) is 22.4 Å². The van der Waals surface area contributed by atoms with E-state index in [1.807, 2.05) is 33.3 Å². The first-order valence-corrected chi connectivity index (χ1v) is 7.37. The maximum Gasteiger partial charge on any atom is 0.407 e. The number of nitrogens with one attached hydrogen (secondary N) is 1. The van der Waals surface area contributed by atoms with Gasteiger partial charge in [0.1, 0.15) is 5.60 Å². The molecule has 1 aromatic rings. The van der Waals surface area contributed by atoms with Gasteiger partial charge in [-0.1, -0.05) is 0 Å². The summed E-state index contributed by atoms with van der Waals surface area (Å²) >= 11 is 0. The number of amides is 1. The van der Waals surface area contributed by atoms with E-state index >= 15 is 0 Å². The number of alkyl carbamates (subject to hydrolysis) is 1. The van der Waals surface area contributed by atoms with Gasteiger partial charge in [0.15, 0.2) is 0 Å². The smallest absolute Gasteiger partial charge is 0.407 e. The van der Waals surface area contributed by atoms with E-state index in [9.17, 15) is 4.79 Å². The van der Waals surface area contributed by atoms with Crippen LogP contribution < -0.4 is 5.32 Å². The molecule has 21 heavy (non-hydrogen) atoms. The predicted octanol–water partition coefficient (Wildman–Crippen LogP) is 2.38. The molecule has 1 heterocycles. The highest BCUT2D eigenvalue weighted by Gasteiger charge is 2.15. The van der Waals surface area contributed by atoms with Crippen LogP contribution in [0.5, 0.6) is 0 Å². The van der Waals surface area contributed by atoms with Crippen molar-refractivity contribution in [3.63, 3.8) is 0 Å². The Labute approximate surface area is 126 Å². The third-order valence-electron chi connectivity index (χ3n) is 2.85. The number of hydrogen-bond donors (Lipinski definition) is 1. The highest BCUT2D eigenvalue weighted by molar-refractivity contribution is 5.67. The second kappa shape index (κ2) is 8.67. The molecule has 0 fully saturated rings. The van der Waals surface area contributed by atoms with Gasteiger partial charge in [-0.25, -0.2) is 9.78 Å². The molecule has 1 N–H and O–H groups in total. The molecule has 120 valence electrons. The fourth-order valence-corrected chi connectivity index (χ4v) is 1.89. The molecule has 1 aromatic heterocycles. The summed E-state index contributed by atoms with van der Waals surface area (Å²) in [7, 11) is 1.71. The van der Waals surface area contributed by atoms with Crippen LogP contribution in [0.25, 0.3) is 0 Å². The predicted molar refractivity (Wildman–Crippen MR) is 81.3 cm³/mol. The van der Waals surface area contributed by atoms with Crippen molar-refractivity contribution in [2.45, 2.75) is 52.2 Å². The van der Waals surface area contributed by atoms with Gasteiger partial charge >= 0.3 is 6.09 Å². The van der Waals surface area contributed by atoms with Crippen molar-refractivity contribution >= 4 is 6.09 Å². The zero-order valence-corrected chi connectivity index (χ0v) is 13.5. The number of imidazole rings is 1. The summed E-state index contributed by atoms with van der Waals surface area (Å²) in [5.74, 6) is 0. The van der Waals surface area contributed by atoms with Gasteiger partial charge in [-0.2, -0.15) is 0 Å². The molecule has 0 radical (unpaired) electrons. The Morgan fingerprint density at radius 1 is 1.38 bits per heavy atom. The summed E-state index contributed by atoms with van der Waals surface area (Å²) in [6.07, 6.45) is 6.11. The first-order valence-electron chi connectivity index (χ1n) is 7.37. The number of rotatable bonds is 8. The van der Waals surface area contributed by atoms with E-state index in [0.29, 0.717) is 6.54 Å². The van der Waals surface area contributed by atoms with Crippen molar-refractivity contribution < 1.29 is 14.3 Å². The summed E-state index contributed by atoms with van der Waals surface area (Å²) in [6, 6.07) is 0. The van der Waals surface area contributed by atoms with Gasteiger partial charge in [-0.15, -0.1) is 0 Å². The van der Waals surface area contributed by atoms with E-state index in [1.165, 1.54) is 0 Å². The number of nitrogens with zero attached hydrogens (tertiary/aromatic N) is 2. The molecule has 0 unspecified atom stereocenters. The molecule has 0 saturated carbocycles. The second-order valence-electron chi connectivity index (χ2n) is 5.96. The first kappa shape index (κ1) is 17.5. The molecule has 6 heteroatoms. The molecule has 0 bridgehead atoms. The zero-order chi connectivity index (χ0) is 15.7. The molecule has 0 aliphatic carbocycles. The van der Waals surface area contributed by atoms with Crippen molar-refractivity contribution in [2.75, 3.05) is 20.3 Å². The van der Waals surface area contributed by atoms with Crippen molar-refractivity contribution in [3.8, 4) is 0 Å². The highest BCUT2D eigenvalue weighted by atomic mass is 16.6. The molecule has 1 amide bonds. The third-order valence-corrected chi connectivity index (χ3v) is 2.85. The third kappa shape index (κ3) is 7.70. The lowest BCUT2D eigenvalue weighted by atomic mass is 10.2. The summed E-state index contributed by atoms with van der Waals surface area (Å²) in [5.41, 5.74) is 0.649. The van der Waals surface area contributed by atoms with E-state index in [0.717, 1.165) is 38.1 Å². The minimum absolute atomic E-state index is 0.381. The summed E-state index contributed by atoms with van der Waals surface area (Å²) < 4.78 is 12.3. The average Bonchev–Trinajstić information content (AvgIpc) is 2.80. The highest BCUT2D eigenvalue weighted by Crippen LogP contribution is 2.07. The number of methoxy groups -OCH3 is 1. The van der Waals surface area contributed by atoms with Gasteiger partial charge in [0.25, 0.3) is 0 Å². The Kier molecular flexibility index (Phi) is 7.22. The molecular formula is C15H27N3O3. The van der Waals surface area contributed by atoms with Crippen molar-refractivity contribution in [1.82, 2.24) is 14.9 Å². The maximum atomic E-state index is 11.5. The fourth-order valence-electron chi connectivity index (χ4n) is 1.89. The normalized spacial score (nSPS) is 11.4. The number of ether oxygens (including phenoxy) is 2. The minimum atomic E-state index is -0.465. The SMILES string of the molecule is COCCCCn1cncc1CCNC(=O)OC(C)(C)C. The first-order chi connectivity index (χ1) is 9.92. The van der Waals surface area contributed by atoms with Crippen LogP contribution >= 0.6 is 0 Å². The molecule has 0 saturated heterocycles. The van der Waals surface area contributed by atoms with Crippen molar-refractivity contribution in [1.29, 1.82) is 0 Å². The Morgan fingerprint density at radius 3 is 2.81 bits per heavy atom. The maximum absolute atomic E-state index is 11.5. The van der Waals surface area contributed by atoms with Crippen LogP contribution in [0.3, 0.4) is 0 Å². The van der Waals surface area contributed by atoms with Gasteiger partial charge < -0.3 is 19.4 Å². The van der Waals surface area contributed by atoms with E-state index in [1.54, 1.807) is 7.11 Å². The number of aryl methyl sites for hydroxylation is 1.